The first-order valence-electron chi connectivity index (χ1n) is 5.99. The van der Waals surface area contributed by atoms with Crippen LogP contribution in [0.25, 0.3) is 0 Å². The lowest BCUT2D eigenvalue weighted by Crippen LogP contribution is -2.39. The summed E-state index contributed by atoms with van der Waals surface area (Å²) in [5.74, 6) is 6.35. The number of hydrogen-bond donors (Lipinski definition) is 1. The lowest BCUT2D eigenvalue weighted by molar-refractivity contribution is -0.0127. The molecule has 0 spiro atoms. The Morgan fingerprint density at radius 3 is 2.71 bits per heavy atom. The van der Waals surface area contributed by atoms with Crippen LogP contribution < -0.4 is 0 Å². The third-order valence-corrected chi connectivity index (χ3v) is 6.44. The zero-order valence-corrected chi connectivity index (χ0v) is 8.39. The van der Waals surface area contributed by atoms with Crippen molar-refractivity contribution in [2.75, 3.05) is 13.7 Å². The number of methoxy groups -OCH3 is 1. The van der Waals surface area contributed by atoms with Crippen LogP contribution >= 0.6 is 0 Å². The topological polar surface area (TPSA) is 29.5 Å². The second-order valence-corrected chi connectivity index (χ2v) is 6.32. The van der Waals surface area contributed by atoms with Crippen LogP contribution in [0.5, 0.6) is 0 Å². The highest BCUT2D eigenvalue weighted by molar-refractivity contribution is 5.42. The molecular formula is C12H16O2. The summed E-state index contributed by atoms with van der Waals surface area (Å²) in [5.41, 5.74) is 0.580. The average molecular weight is 192 g/mol. The standard InChI is InChI=1S/C12H16O2/c1-14-3-12-9-4-2-5(13)7(11(9)12)8-6(4)10(8)12/h4-11,13H,2-3H2,1H3/t4?,5-,6?,7?,8?,9?,10?,11?,12?/m0/s1. The van der Waals surface area contributed by atoms with Crippen molar-refractivity contribution in [3.63, 3.8) is 0 Å². The molecule has 0 aromatic heterocycles. The van der Waals surface area contributed by atoms with E-state index >= 15 is 0 Å². The molecule has 2 bridgehead atoms. The molecule has 0 heterocycles. The minimum Gasteiger partial charge on any atom is -0.393 e. The largest absolute Gasteiger partial charge is 0.393 e. The summed E-state index contributed by atoms with van der Waals surface area (Å²) in [6.45, 7) is 0.986. The minimum absolute atomic E-state index is 0.0498. The number of hydrogen-bond acceptors (Lipinski definition) is 2. The highest BCUT2D eigenvalue weighted by Crippen LogP contribution is 2.97. The van der Waals surface area contributed by atoms with Gasteiger partial charge in [0.1, 0.15) is 0 Å². The van der Waals surface area contributed by atoms with Crippen molar-refractivity contribution in [3.8, 4) is 0 Å². The van der Waals surface area contributed by atoms with Gasteiger partial charge < -0.3 is 9.84 Å². The van der Waals surface area contributed by atoms with Crippen LogP contribution in [-0.2, 0) is 4.74 Å². The van der Waals surface area contributed by atoms with E-state index in [0.29, 0.717) is 11.3 Å². The SMILES string of the molecule is COCC12C3C4C5C[C@H](O)C(C43)C1C52. The maximum atomic E-state index is 10.0. The van der Waals surface area contributed by atoms with Gasteiger partial charge in [-0.05, 0) is 47.8 Å². The molecule has 0 saturated heterocycles. The van der Waals surface area contributed by atoms with E-state index in [-0.39, 0.29) is 6.10 Å². The number of ether oxygens (including phenoxy) is 1. The van der Waals surface area contributed by atoms with E-state index in [1.807, 2.05) is 7.11 Å². The molecule has 0 radical (unpaired) electrons. The van der Waals surface area contributed by atoms with Crippen molar-refractivity contribution in [1.82, 2.24) is 0 Å². The van der Waals surface area contributed by atoms with Gasteiger partial charge in [-0.1, -0.05) is 0 Å². The van der Waals surface area contributed by atoms with Gasteiger partial charge in [0, 0.05) is 12.5 Å². The fourth-order valence-electron chi connectivity index (χ4n) is 6.60. The number of rotatable bonds is 2. The molecule has 0 aliphatic heterocycles. The lowest BCUT2D eigenvalue weighted by Gasteiger charge is -2.38. The van der Waals surface area contributed by atoms with Crippen LogP contribution in [0.4, 0.5) is 0 Å². The normalized spacial score (nSPS) is 79.3. The second-order valence-electron chi connectivity index (χ2n) is 6.32. The molecule has 1 N–H and O–H groups in total. The van der Waals surface area contributed by atoms with Gasteiger partial charge in [0.2, 0.25) is 0 Å². The Morgan fingerprint density at radius 2 is 2.07 bits per heavy atom. The molecule has 6 rings (SSSR count). The van der Waals surface area contributed by atoms with Gasteiger partial charge in [0.15, 0.2) is 0 Å². The maximum absolute atomic E-state index is 10.0. The van der Waals surface area contributed by atoms with Crippen molar-refractivity contribution in [2.45, 2.75) is 12.5 Å². The Morgan fingerprint density at radius 1 is 1.21 bits per heavy atom. The number of fused-ring (bicyclic) bond motifs is 1. The quantitative estimate of drug-likeness (QED) is 0.699. The van der Waals surface area contributed by atoms with E-state index < -0.39 is 0 Å². The zero-order chi connectivity index (χ0) is 9.24. The first-order chi connectivity index (χ1) is 6.82. The minimum atomic E-state index is 0.0498. The summed E-state index contributed by atoms with van der Waals surface area (Å²) in [6.07, 6.45) is 1.17. The lowest BCUT2D eigenvalue weighted by atomic mass is 9.69. The van der Waals surface area contributed by atoms with Crippen molar-refractivity contribution in [1.29, 1.82) is 0 Å². The summed E-state index contributed by atoms with van der Waals surface area (Å²) in [4.78, 5) is 0. The molecule has 0 amide bonds. The molecule has 8 unspecified atom stereocenters. The molecule has 0 aromatic carbocycles. The smallest absolute Gasteiger partial charge is 0.0577 e. The summed E-state index contributed by atoms with van der Waals surface area (Å²) >= 11 is 0. The van der Waals surface area contributed by atoms with Gasteiger partial charge in [-0.3, -0.25) is 0 Å². The van der Waals surface area contributed by atoms with Crippen molar-refractivity contribution >= 4 is 0 Å². The van der Waals surface area contributed by atoms with Crippen LogP contribution in [0.2, 0.25) is 0 Å². The van der Waals surface area contributed by atoms with E-state index in [1.54, 1.807) is 0 Å². The van der Waals surface area contributed by atoms with E-state index in [9.17, 15) is 5.11 Å². The molecule has 6 fully saturated rings. The average Bonchev–Trinajstić information content (AvgIpc) is 2.98. The maximum Gasteiger partial charge on any atom is 0.0577 e. The highest BCUT2D eigenvalue weighted by atomic mass is 16.5. The first-order valence-corrected chi connectivity index (χ1v) is 5.99. The van der Waals surface area contributed by atoms with Crippen LogP contribution in [0, 0.1) is 46.8 Å². The molecule has 76 valence electrons. The van der Waals surface area contributed by atoms with Gasteiger partial charge in [-0.15, -0.1) is 0 Å². The molecule has 0 aromatic rings. The van der Waals surface area contributed by atoms with Crippen molar-refractivity contribution < 1.29 is 9.84 Å². The van der Waals surface area contributed by atoms with Crippen molar-refractivity contribution in [3.05, 3.63) is 0 Å². The van der Waals surface area contributed by atoms with Gasteiger partial charge in [-0.25, -0.2) is 0 Å². The molecule has 6 aliphatic rings. The third kappa shape index (κ3) is 0.424. The highest BCUT2D eigenvalue weighted by Gasteiger charge is 2.96. The Kier molecular flexibility index (Phi) is 0.875. The summed E-state index contributed by atoms with van der Waals surface area (Å²) in [7, 11) is 1.84. The molecule has 6 saturated carbocycles. The fourth-order valence-corrected chi connectivity index (χ4v) is 6.60. The Hall–Kier alpha value is -0.0800. The molecule has 6 aliphatic carbocycles. The van der Waals surface area contributed by atoms with Gasteiger partial charge in [-0.2, -0.15) is 0 Å². The Labute approximate surface area is 83.6 Å². The first kappa shape index (κ1) is 7.24. The second kappa shape index (κ2) is 1.69. The molecule has 14 heavy (non-hydrogen) atoms. The van der Waals surface area contributed by atoms with Crippen LogP contribution in [0.1, 0.15) is 6.42 Å². The number of aliphatic hydroxyl groups excluding tert-OH is 1. The van der Waals surface area contributed by atoms with E-state index in [0.717, 1.165) is 48.5 Å². The van der Waals surface area contributed by atoms with Gasteiger partial charge >= 0.3 is 0 Å². The van der Waals surface area contributed by atoms with Gasteiger partial charge in [0.25, 0.3) is 0 Å². The van der Waals surface area contributed by atoms with E-state index in [2.05, 4.69) is 0 Å². The molecule has 9 atom stereocenters. The third-order valence-electron chi connectivity index (χ3n) is 6.44. The monoisotopic (exact) mass is 192 g/mol. The Balaban J connectivity index is 1.66. The molecule has 2 nitrogen and oxygen atoms in total. The summed E-state index contributed by atoms with van der Waals surface area (Å²) in [5, 5.41) is 10.0. The van der Waals surface area contributed by atoms with Crippen LogP contribution in [0.3, 0.4) is 0 Å². The van der Waals surface area contributed by atoms with Crippen LogP contribution in [-0.4, -0.2) is 24.9 Å². The molecular weight excluding hydrogens is 176 g/mol. The predicted molar refractivity (Wildman–Crippen MR) is 49.4 cm³/mol. The summed E-state index contributed by atoms with van der Waals surface area (Å²) in [6, 6.07) is 0. The van der Waals surface area contributed by atoms with E-state index in [4.69, 9.17) is 4.74 Å². The van der Waals surface area contributed by atoms with Crippen molar-refractivity contribution in [2.24, 2.45) is 46.8 Å². The number of aliphatic hydroxyl groups is 1. The Bertz CT molecular complexity index is 337. The summed E-state index contributed by atoms with van der Waals surface area (Å²) < 4.78 is 5.44. The van der Waals surface area contributed by atoms with Crippen LogP contribution in [0.15, 0.2) is 0 Å². The molecule has 2 heteroatoms. The zero-order valence-electron chi connectivity index (χ0n) is 8.39. The van der Waals surface area contributed by atoms with E-state index in [1.165, 1.54) is 0 Å². The predicted octanol–water partition coefficient (Wildman–Crippen LogP) is 0.752. The fraction of sp³-hybridized carbons (Fsp3) is 1.00. The van der Waals surface area contributed by atoms with Gasteiger partial charge in [0.05, 0.1) is 12.7 Å².